The lowest BCUT2D eigenvalue weighted by Crippen LogP contribution is -2.40. The van der Waals surface area contributed by atoms with Gasteiger partial charge in [-0.3, -0.25) is 4.98 Å². The van der Waals surface area contributed by atoms with Crippen LogP contribution in [0.4, 0.5) is 17.8 Å². The summed E-state index contributed by atoms with van der Waals surface area (Å²) in [7, 11) is 0. The second-order valence-electron chi connectivity index (χ2n) is 9.03. The molecule has 2 fully saturated rings. The third kappa shape index (κ3) is 5.37. The van der Waals surface area contributed by atoms with Crippen LogP contribution in [-0.4, -0.2) is 78.6 Å². The number of anilines is 3. The zero-order chi connectivity index (χ0) is 23.3. The van der Waals surface area contributed by atoms with Crippen LogP contribution in [0.2, 0.25) is 0 Å². The van der Waals surface area contributed by atoms with Crippen LogP contribution in [0.25, 0.3) is 10.9 Å². The number of pyridine rings is 1. The van der Waals surface area contributed by atoms with Gasteiger partial charge in [0.25, 0.3) is 0 Å². The van der Waals surface area contributed by atoms with Crippen LogP contribution in [0.15, 0.2) is 30.5 Å². The van der Waals surface area contributed by atoms with E-state index in [1.807, 2.05) is 6.20 Å². The largest absolute Gasteiger partial charge is 0.378 e. The Morgan fingerprint density at radius 2 is 1.56 bits per heavy atom. The second kappa shape index (κ2) is 10.5. The molecule has 1 N–H and O–H groups in total. The van der Waals surface area contributed by atoms with Gasteiger partial charge in [0.1, 0.15) is 0 Å². The van der Waals surface area contributed by atoms with E-state index in [0.717, 1.165) is 44.5 Å². The number of aryl methyl sites for hydroxylation is 2. The normalized spacial score (nSPS) is 17.7. The third-order valence-electron chi connectivity index (χ3n) is 6.41. The lowest BCUT2D eigenvalue weighted by Gasteiger charge is -2.30. The number of nitrogens with one attached hydrogen (secondary N) is 1. The van der Waals surface area contributed by atoms with Crippen molar-refractivity contribution in [3.63, 3.8) is 0 Å². The molecule has 0 aliphatic carbocycles. The molecule has 0 amide bonds. The summed E-state index contributed by atoms with van der Waals surface area (Å²) in [5.41, 5.74) is 3.60. The molecule has 180 valence electrons. The molecule has 0 bridgehead atoms. The van der Waals surface area contributed by atoms with Gasteiger partial charge in [0.05, 0.1) is 31.9 Å². The van der Waals surface area contributed by atoms with Crippen molar-refractivity contribution in [2.45, 2.75) is 32.7 Å². The average Bonchev–Trinajstić information content (AvgIpc) is 2.88. The molecule has 1 aromatic carbocycles. The van der Waals surface area contributed by atoms with Crippen molar-refractivity contribution in [1.82, 2.24) is 19.9 Å². The van der Waals surface area contributed by atoms with Crippen molar-refractivity contribution >= 4 is 28.7 Å². The van der Waals surface area contributed by atoms with Gasteiger partial charge >= 0.3 is 0 Å². The molecule has 5 rings (SSSR count). The molecule has 3 aromatic rings. The molecule has 2 aliphatic heterocycles. The molecule has 0 saturated carbocycles. The SMILES string of the molecule is Cc1ccc2c(CCC(C)Nc3nc(N4CCOCC4)nc(N4CCOCC4)n3)ccnc2c1. The molecule has 34 heavy (non-hydrogen) atoms. The summed E-state index contributed by atoms with van der Waals surface area (Å²) < 4.78 is 11.0. The molecule has 9 heteroatoms. The molecule has 0 spiro atoms. The fourth-order valence-electron chi connectivity index (χ4n) is 4.43. The van der Waals surface area contributed by atoms with Crippen LogP contribution < -0.4 is 15.1 Å². The lowest BCUT2D eigenvalue weighted by atomic mass is 10.0. The van der Waals surface area contributed by atoms with Crippen LogP contribution in [0.1, 0.15) is 24.5 Å². The summed E-state index contributed by atoms with van der Waals surface area (Å²) in [5, 5.41) is 4.76. The van der Waals surface area contributed by atoms with Gasteiger partial charge < -0.3 is 24.6 Å². The number of fused-ring (bicyclic) bond motifs is 1. The van der Waals surface area contributed by atoms with E-state index in [9.17, 15) is 0 Å². The molecule has 1 atom stereocenters. The zero-order valence-corrected chi connectivity index (χ0v) is 20.0. The molecule has 2 saturated heterocycles. The van der Waals surface area contributed by atoms with Crippen molar-refractivity contribution in [1.29, 1.82) is 0 Å². The summed E-state index contributed by atoms with van der Waals surface area (Å²) in [6.45, 7) is 10.2. The van der Waals surface area contributed by atoms with Gasteiger partial charge in [0, 0.05) is 43.8 Å². The topological polar surface area (TPSA) is 88.5 Å². The van der Waals surface area contributed by atoms with Crippen molar-refractivity contribution in [3.05, 3.63) is 41.6 Å². The second-order valence-corrected chi connectivity index (χ2v) is 9.03. The van der Waals surface area contributed by atoms with E-state index in [2.05, 4.69) is 58.2 Å². The maximum Gasteiger partial charge on any atom is 0.232 e. The maximum absolute atomic E-state index is 5.51. The predicted octanol–water partition coefficient (Wildman–Crippen LogP) is 2.83. The quantitative estimate of drug-likeness (QED) is 0.568. The van der Waals surface area contributed by atoms with Gasteiger partial charge in [-0.2, -0.15) is 15.0 Å². The molecule has 0 radical (unpaired) electrons. The Bertz CT molecular complexity index is 1080. The lowest BCUT2D eigenvalue weighted by molar-refractivity contribution is 0.121. The number of ether oxygens (including phenoxy) is 2. The first-order valence-electron chi connectivity index (χ1n) is 12.2. The molecule has 9 nitrogen and oxygen atoms in total. The summed E-state index contributed by atoms with van der Waals surface area (Å²) in [6.07, 6.45) is 3.82. The van der Waals surface area contributed by atoms with E-state index < -0.39 is 0 Å². The number of hydrogen-bond acceptors (Lipinski definition) is 9. The van der Waals surface area contributed by atoms with Gasteiger partial charge in [-0.25, -0.2) is 0 Å². The van der Waals surface area contributed by atoms with Crippen LogP contribution in [0.3, 0.4) is 0 Å². The molecule has 2 aliphatic rings. The van der Waals surface area contributed by atoms with Crippen LogP contribution >= 0.6 is 0 Å². The highest BCUT2D eigenvalue weighted by Gasteiger charge is 2.21. The van der Waals surface area contributed by atoms with E-state index in [-0.39, 0.29) is 6.04 Å². The third-order valence-corrected chi connectivity index (χ3v) is 6.41. The van der Waals surface area contributed by atoms with E-state index in [4.69, 9.17) is 24.4 Å². The Balaban J connectivity index is 1.31. The van der Waals surface area contributed by atoms with Crippen molar-refractivity contribution < 1.29 is 9.47 Å². The first kappa shape index (κ1) is 22.7. The van der Waals surface area contributed by atoms with E-state index >= 15 is 0 Å². The highest BCUT2D eigenvalue weighted by atomic mass is 16.5. The van der Waals surface area contributed by atoms with Crippen molar-refractivity contribution in [2.24, 2.45) is 0 Å². The predicted molar refractivity (Wildman–Crippen MR) is 134 cm³/mol. The number of rotatable bonds is 7. The van der Waals surface area contributed by atoms with Crippen molar-refractivity contribution in [2.75, 3.05) is 67.7 Å². The zero-order valence-electron chi connectivity index (χ0n) is 20.0. The number of benzene rings is 1. The Kier molecular flexibility index (Phi) is 7.01. The van der Waals surface area contributed by atoms with Gasteiger partial charge in [0.15, 0.2) is 0 Å². The van der Waals surface area contributed by atoms with Crippen LogP contribution in [0, 0.1) is 6.92 Å². The number of aromatic nitrogens is 4. The number of hydrogen-bond donors (Lipinski definition) is 1. The summed E-state index contributed by atoms with van der Waals surface area (Å²) in [6, 6.07) is 8.80. The Morgan fingerprint density at radius 3 is 2.21 bits per heavy atom. The summed E-state index contributed by atoms with van der Waals surface area (Å²) >= 11 is 0. The molecular formula is C25H33N7O2. The van der Waals surface area contributed by atoms with Gasteiger partial charge in [0.2, 0.25) is 17.8 Å². The van der Waals surface area contributed by atoms with Crippen LogP contribution in [-0.2, 0) is 15.9 Å². The first-order chi connectivity index (χ1) is 16.7. The minimum atomic E-state index is 0.200. The molecular weight excluding hydrogens is 430 g/mol. The first-order valence-corrected chi connectivity index (χ1v) is 12.2. The molecule has 2 aromatic heterocycles. The Hall–Kier alpha value is -3.04. The fourth-order valence-corrected chi connectivity index (χ4v) is 4.43. The Labute approximate surface area is 200 Å². The smallest absolute Gasteiger partial charge is 0.232 e. The highest BCUT2D eigenvalue weighted by Crippen LogP contribution is 2.22. The van der Waals surface area contributed by atoms with Crippen LogP contribution in [0.5, 0.6) is 0 Å². The number of nitrogens with zero attached hydrogens (tertiary/aromatic N) is 6. The maximum atomic E-state index is 5.51. The average molecular weight is 464 g/mol. The highest BCUT2D eigenvalue weighted by molar-refractivity contribution is 5.82. The monoisotopic (exact) mass is 463 g/mol. The van der Waals surface area contributed by atoms with E-state index in [1.165, 1.54) is 16.5 Å². The van der Waals surface area contributed by atoms with Crippen molar-refractivity contribution in [3.8, 4) is 0 Å². The minimum Gasteiger partial charge on any atom is -0.378 e. The molecule has 4 heterocycles. The fraction of sp³-hybridized carbons (Fsp3) is 0.520. The van der Waals surface area contributed by atoms with E-state index in [1.54, 1.807) is 0 Å². The minimum absolute atomic E-state index is 0.200. The van der Waals surface area contributed by atoms with Gasteiger partial charge in [-0.05, 0) is 49.9 Å². The Morgan fingerprint density at radius 1 is 0.912 bits per heavy atom. The summed E-state index contributed by atoms with van der Waals surface area (Å²) in [5.74, 6) is 2.05. The van der Waals surface area contributed by atoms with Gasteiger partial charge in [-0.1, -0.05) is 12.1 Å². The number of morpholine rings is 2. The standard InChI is InChI=1S/C25H33N7O2/c1-18-3-6-21-20(7-8-26-22(21)17-18)5-4-19(2)27-23-28-24(31-9-13-33-14-10-31)30-25(29-23)32-11-15-34-16-12-32/h3,6-8,17,19H,4-5,9-16H2,1-2H3,(H,27,28,29,30). The molecule has 1 unspecified atom stereocenters. The van der Waals surface area contributed by atoms with E-state index in [0.29, 0.717) is 44.3 Å². The summed E-state index contributed by atoms with van der Waals surface area (Å²) in [4.78, 5) is 23.2. The van der Waals surface area contributed by atoms with Gasteiger partial charge in [-0.15, -0.1) is 0 Å².